The van der Waals surface area contributed by atoms with E-state index < -0.39 is 0 Å². The average molecular weight is 253 g/mol. The van der Waals surface area contributed by atoms with E-state index in [4.69, 9.17) is 11.6 Å². The van der Waals surface area contributed by atoms with Crippen molar-refractivity contribution in [2.45, 2.75) is 26.3 Å². The van der Waals surface area contributed by atoms with Crippen LogP contribution in [0, 0.1) is 5.92 Å². The Labute approximate surface area is 109 Å². The van der Waals surface area contributed by atoms with Crippen LogP contribution < -0.4 is 10.2 Å². The van der Waals surface area contributed by atoms with Crippen molar-refractivity contribution in [1.29, 1.82) is 0 Å². The minimum Gasteiger partial charge on any atom is -0.369 e. The van der Waals surface area contributed by atoms with Crippen molar-refractivity contribution in [3.63, 3.8) is 0 Å². The molecule has 0 aromatic heterocycles. The third-order valence-electron chi connectivity index (χ3n) is 3.73. The third-order valence-corrected chi connectivity index (χ3v) is 3.98. The second-order valence-electron chi connectivity index (χ2n) is 4.87. The molecule has 0 saturated carbocycles. The van der Waals surface area contributed by atoms with Crippen molar-refractivity contribution in [1.82, 2.24) is 5.32 Å². The number of anilines is 1. The topological polar surface area (TPSA) is 15.3 Å². The maximum atomic E-state index is 5.92. The van der Waals surface area contributed by atoms with Gasteiger partial charge in [-0.25, -0.2) is 0 Å². The fourth-order valence-electron chi connectivity index (χ4n) is 2.33. The molecular weight excluding hydrogens is 232 g/mol. The summed E-state index contributed by atoms with van der Waals surface area (Å²) < 4.78 is 0. The van der Waals surface area contributed by atoms with Crippen LogP contribution in [0.4, 0.5) is 5.69 Å². The fraction of sp³-hybridized carbons (Fsp3) is 0.571. The number of halogens is 1. The van der Waals surface area contributed by atoms with Crippen LogP contribution in [0.5, 0.6) is 0 Å². The molecule has 1 fully saturated rings. The van der Waals surface area contributed by atoms with E-state index in [1.807, 2.05) is 12.1 Å². The van der Waals surface area contributed by atoms with Gasteiger partial charge in [-0.3, -0.25) is 0 Å². The summed E-state index contributed by atoms with van der Waals surface area (Å²) in [6.45, 7) is 7.82. The Morgan fingerprint density at radius 3 is 2.76 bits per heavy atom. The summed E-state index contributed by atoms with van der Waals surface area (Å²) in [5, 5.41) is 4.42. The lowest BCUT2D eigenvalue weighted by atomic mass is 9.97. The SMILES string of the molecule is CCC(C)C1CN(c2ccc(Cl)cc2)CCN1. The summed E-state index contributed by atoms with van der Waals surface area (Å²) in [7, 11) is 0. The summed E-state index contributed by atoms with van der Waals surface area (Å²) in [6.07, 6.45) is 1.23. The van der Waals surface area contributed by atoms with Crippen molar-refractivity contribution in [3.05, 3.63) is 29.3 Å². The molecule has 2 unspecified atom stereocenters. The van der Waals surface area contributed by atoms with Gasteiger partial charge in [0.05, 0.1) is 0 Å². The Morgan fingerprint density at radius 1 is 1.41 bits per heavy atom. The van der Waals surface area contributed by atoms with Crippen LogP contribution in [0.2, 0.25) is 5.02 Å². The van der Waals surface area contributed by atoms with Crippen molar-refractivity contribution >= 4 is 17.3 Å². The van der Waals surface area contributed by atoms with E-state index in [1.54, 1.807) is 0 Å². The predicted molar refractivity (Wildman–Crippen MR) is 74.9 cm³/mol. The number of nitrogens with one attached hydrogen (secondary N) is 1. The molecule has 1 saturated heterocycles. The number of hydrogen-bond donors (Lipinski definition) is 1. The van der Waals surface area contributed by atoms with E-state index in [-0.39, 0.29) is 0 Å². The van der Waals surface area contributed by atoms with Gasteiger partial charge in [-0.15, -0.1) is 0 Å². The highest BCUT2D eigenvalue weighted by Crippen LogP contribution is 2.21. The second kappa shape index (κ2) is 5.74. The first-order valence-corrected chi connectivity index (χ1v) is 6.82. The van der Waals surface area contributed by atoms with Gasteiger partial charge in [0.15, 0.2) is 0 Å². The molecule has 1 aromatic carbocycles. The zero-order valence-corrected chi connectivity index (χ0v) is 11.4. The third kappa shape index (κ3) is 3.14. The summed E-state index contributed by atoms with van der Waals surface area (Å²) in [6, 6.07) is 8.77. The maximum Gasteiger partial charge on any atom is 0.0407 e. The highest BCUT2D eigenvalue weighted by atomic mass is 35.5. The molecule has 0 amide bonds. The van der Waals surface area contributed by atoms with Crippen LogP contribution in [0.3, 0.4) is 0 Å². The second-order valence-corrected chi connectivity index (χ2v) is 5.31. The number of hydrogen-bond acceptors (Lipinski definition) is 2. The van der Waals surface area contributed by atoms with E-state index in [9.17, 15) is 0 Å². The molecule has 17 heavy (non-hydrogen) atoms. The molecule has 1 heterocycles. The Hall–Kier alpha value is -0.730. The zero-order valence-electron chi connectivity index (χ0n) is 10.6. The molecule has 2 atom stereocenters. The van der Waals surface area contributed by atoms with Gasteiger partial charge in [0, 0.05) is 36.4 Å². The first-order valence-electron chi connectivity index (χ1n) is 6.44. The van der Waals surface area contributed by atoms with Gasteiger partial charge in [0.1, 0.15) is 0 Å². The number of rotatable bonds is 3. The van der Waals surface area contributed by atoms with E-state index in [0.29, 0.717) is 6.04 Å². The van der Waals surface area contributed by atoms with Crippen molar-refractivity contribution in [3.8, 4) is 0 Å². The molecule has 0 radical (unpaired) electrons. The lowest BCUT2D eigenvalue weighted by Gasteiger charge is -2.38. The Kier molecular flexibility index (Phi) is 4.30. The van der Waals surface area contributed by atoms with Crippen LogP contribution in [0.25, 0.3) is 0 Å². The fourth-order valence-corrected chi connectivity index (χ4v) is 2.46. The largest absolute Gasteiger partial charge is 0.369 e. The maximum absolute atomic E-state index is 5.92. The summed E-state index contributed by atoms with van der Waals surface area (Å²) in [4.78, 5) is 2.45. The molecule has 1 aliphatic rings. The summed E-state index contributed by atoms with van der Waals surface area (Å²) in [5.74, 6) is 0.727. The van der Waals surface area contributed by atoms with E-state index in [2.05, 4.69) is 36.2 Å². The van der Waals surface area contributed by atoms with Crippen LogP contribution in [0.15, 0.2) is 24.3 Å². The average Bonchev–Trinajstić information content (AvgIpc) is 2.39. The number of nitrogens with zero attached hydrogens (tertiary/aromatic N) is 1. The smallest absolute Gasteiger partial charge is 0.0407 e. The highest BCUT2D eigenvalue weighted by Gasteiger charge is 2.23. The molecule has 3 heteroatoms. The van der Waals surface area contributed by atoms with E-state index >= 15 is 0 Å². The number of piperazine rings is 1. The summed E-state index contributed by atoms with van der Waals surface area (Å²) in [5.41, 5.74) is 1.28. The van der Waals surface area contributed by atoms with Crippen LogP contribution in [-0.4, -0.2) is 25.7 Å². The highest BCUT2D eigenvalue weighted by molar-refractivity contribution is 6.30. The molecule has 0 spiro atoms. The molecule has 0 bridgehead atoms. The Morgan fingerprint density at radius 2 is 2.12 bits per heavy atom. The lowest BCUT2D eigenvalue weighted by molar-refractivity contribution is 0.342. The van der Waals surface area contributed by atoms with Gasteiger partial charge in [-0.05, 0) is 30.2 Å². The first kappa shape index (κ1) is 12.7. The zero-order chi connectivity index (χ0) is 12.3. The van der Waals surface area contributed by atoms with Gasteiger partial charge in [0.2, 0.25) is 0 Å². The summed E-state index contributed by atoms with van der Waals surface area (Å²) >= 11 is 5.92. The molecular formula is C14H21ClN2. The van der Waals surface area contributed by atoms with Crippen LogP contribution in [0.1, 0.15) is 20.3 Å². The van der Waals surface area contributed by atoms with Gasteiger partial charge in [0.25, 0.3) is 0 Å². The molecule has 2 rings (SSSR count). The molecule has 94 valence electrons. The monoisotopic (exact) mass is 252 g/mol. The van der Waals surface area contributed by atoms with E-state index in [1.165, 1.54) is 12.1 Å². The Bertz CT molecular complexity index is 350. The van der Waals surface area contributed by atoms with Gasteiger partial charge in [-0.1, -0.05) is 31.9 Å². The number of benzene rings is 1. The van der Waals surface area contributed by atoms with E-state index in [0.717, 1.165) is 30.6 Å². The van der Waals surface area contributed by atoms with Crippen molar-refractivity contribution in [2.75, 3.05) is 24.5 Å². The predicted octanol–water partition coefficient (Wildman–Crippen LogP) is 3.16. The normalized spacial score (nSPS) is 22.5. The van der Waals surface area contributed by atoms with Gasteiger partial charge in [-0.2, -0.15) is 0 Å². The first-order chi connectivity index (χ1) is 8.20. The molecule has 1 aromatic rings. The van der Waals surface area contributed by atoms with Crippen LogP contribution in [-0.2, 0) is 0 Å². The van der Waals surface area contributed by atoms with Crippen LogP contribution >= 0.6 is 11.6 Å². The minimum atomic E-state index is 0.601. The molecule has 1 aliphatic heterocycles. The molecule has 2 nitrogen and oxygen atoms in total. The Balaban J connectivity index is 2.04. The van der Waals surface area contributed by atoms with Crippen molar-refractivity contribution in [2.24, 2.45) is 5.92 Å². The van der Waals surface area contributed by atoms with Crippen molar-refractivity contribution < 1.29 is 0 Å². The molecule has 1 N–H and O–H groups in total. The van der Waals surface area contributed by atoms with Gasteiger partial charge < -0.3 is 10.2 Å². The quantitative estimate of drug-likeness (QED) is 0.889. The molecule has 0 aliphatic carbocycles. The lowest BCUT2D eigenvalue weighted by Crippen LogP contribution is -2.53. The standard InChI is InChI=1S/C14H21ClN2/c1-3-11(2)14-10-17(9-8-16-14)13-6-4-12(15)5-7-13/h4-7,11,14,16H,3,8-10H2,1-2H3. The minimum absolute atomic E-state index is 0.601. The van der Waals surface area contributed by atoms with Gasteiger partial charge >= 0.3 is 0 Å².